The number of rotatable bonds is 7. The fourth-order valence-electron chi connectivity index (χ4n) is 2.74. The quantitative estimate of drug-likeness (QED) is 0.815. The predicted octanol–water partition coefficient (Wildman–Crippen LogP) is 4.20. The fourth-order valence-corrected chi connectivity index (χ4v) is 2.74. The standard InChI is InChI=1S/C19H27N3O2/c1-5-7-8-15(6-2)18(23)20-16-9-11-17(12-10-16)22-19(24)13(3)14(4)21-22/h9-13,15H,5-8H2,1-4H3,(H,20,23). The summed E-state index contributed by atoms with van der Waals surface area (Å²) >= 11 is 0. The number of unbranched alkanes of at least 4 members (excludes halogenated alkanes) is 1. The van der Waals surface area contributed by atoms with Crippen molar-refractivity contribution in [2.24, 2.45) is 16.9 Å². The molecule has 1 aromatic carbocycles. The Bertz CT molecular complexity index is 622. The highest BCUT2D eigenvalue weighted by Gasteiger charge is 2.30. The van der Waals surface area contributed by atoms with Crippen molar-refractivity contribution in [3.05, 3.63) is 24.3 Å². The van der Waals surface area contributed by atoms with E-state index < -0.39 is 0 Å². The summed E-state index contributed by atoms with van der Waals surface area (Å²) in [5.74, 6) is -0.0699. The van der Waals surface area contributed by atoms with Gasteiger partial charge in [0.2, 0.25) is 5.91 Å². The van der Waals surface area contributed by atoms with Crippen molar-refractivity contribution in [2.75, 3.05) is 10.3 Å². The highest BCUT2D eigenvalue weighted by atomic mass is 16.2. The number of hydrogen-bond acceptors (Lipinski definition) is 3. The Morgan fingerprint density at radius 3 is 2.46 bits per heavy atom. The number of hydrogen-bond donors (Lipinski definition) is 1. The third-order valence-corrected chi connectivity index (χ3v) is 4.61. The summed E-state index contributed by atoms with van der Waals surface area (Å²) in [6.45, 7) is 7.90. The Hall–Kier alpha value is -2.17. The summed E-state index contributed by atoms with van der Waals surface area (Å²) in [6, 6.07) is 7.27. The molecule has 24 heavy (non-hydrogen) atoms. The third kappa shape index (κ3) is 4.02. The van der Waals surface area contributed by atoms with E-state index in [-0.39, 0.29) is 23.7 Å². The Labute approximate surface area is 144 Å². The maximum Gasteiger partial charge on any atom is 0.255 e. The van der Waals surface area contributed by atoms with Crippen LogP contribution in [0.2, 0.25) is 0 Å². The van der Waals surface area contributed by atoms with Gasteiger partial charge >= 0.3 is 0 Å². The Morgan fingerprint density at radius 2 is 1.96 bits per heavy atom. The molecular weight excluding hydrogens is 302 g/mol. The monoisotopic (exact) mass is 329 g/mol. The summed E-state index contributed by atoms with van der Waals surface area (Å²) in [4.78, 5) is 24.5. The molecule has 1 N–H and O–H groups in total. The number of anilines is 2. The number of amides is 2. The van der Waals surface area contributed by atoms with Crippen LogP contribution in [0, 0.1) is 11.8 Å². The molecule has 2 rings (SSSR count). The smallest absolute Gasteiger partial charge is 0.255 e. The van der Waals surface area contributed by atoms with Crippen molar-refractivity contribution in [3.63, 3.8) is 0 Å². The average Bonchev–Trinajstić information content (AvgIpc) is 2.84. The van der Waals surface area contributed by atoms with Crippen LogP contribution in [0.1, 0.15) is 53.4 Å². The van der Waals surface area contributed by atoms with Gasteiger partial charge in [-0.15, -0.1) is 0 Å². The highest BCUT2D eigenvalue weighted by molar-refractivity contribution is 6.14. The van der Waals surface area contributed by atoms with Gasteiger partial charge in [-0.3, -0.25) is 9.59 Å². The molecule has 2 amide bonds. The Balaban J connectivity index is 2.02. The van der Waals surface area contributed by atoms with Gasteiger partial charge in [-0.1, -0.05) is 26.7 Å². The molecule has 1 aromatic rings. The molecule has 2 atom stereocenters. The molecule has 0 fully saturated rings. The molecule has 1 aliphatic rings. The SMILES string of the molecule is CCCCC(CC)C(=O)Nc1ccc(N2N=C(C)C(C)C2=O)cc1. The van der Waals surface area contributed by atoms with Crippen LogP contribution in [0.5, 0.6) is 0 Å². The van der Waals surface area contributed by atoms with E-state index >= 15 is 0 Å². The summed E-state index contributed by atoms with van der Waals surface area (Å²) in [5, 5.41) is 8.70. The summed E-state index contributed by atoms with van der Waals surface area (Å²) in [7, 11) is 0. The maximum atomic E-state index is 12.3. The summed E-state index contributed by atoms with van der Waals surface area (Å²) < 4.78 is 0. The first-order chi connectivity index (χ1) is 11.5. The molecule has 1 aliphatic heterocycles. The average molecular weight is 329 g/mol. The second-order valence-electron chi connectivity index (χ2n) is 6.40. The van der Waals surface area contributed by atoms with Gasteiger partial charge in [0.05, 0.1) is 11.6 Å². The molecule has 2 unspecified atom stereocenters. The number of nitrogens with one attached hydrogen (secondary N) is 1. The van der Waals surface area contributed by atoms with Crippen LogP contribution in [0.4, 0.5) is 11.4 Å². The lowest BCUT2D eigenvalue weighted by atomic mass is 9.98. The molecule has 0 bridgehead atoms. The van der Waals surface area contributed by atoms with Crippen LogP contribution in [-0.2, 0) is 9.59 Å². The molecule has 0 spiro atoms. The molecule has 1 heterocycles. The molecule has 0 aromatic heterocycles. The van der Waals surface area contributed by atoms with Crippen LogP contribution >= 0.6 is 0 Å². The van der Waals surface area contributed by atoms with E-state index in [1.807, 2.05) is 45.0 Å². The van der Waals surface area contributed by atoms with Gasteiger partial charge in [-0.2, -0.15) is 5.10 Å². The van der Waals surface area contributed by atoms with Crippen LogP contribution in [-0.4, -0.2) is 17.5 Å². The van der Waals surface area contributed by atoms with Crippen LogP contribution in [0.25, 0.3) is 0 Å². The van der Waals surface area contributed by atoms with E-state index in [1.165, 1.54) is 5.01 Å². The van der Waals surface area contributed by atoms with E-state index in [9.17, 15) is 9.59 Å². The van der Waals surface area contributed by atoms with E-state index in [2.05, 4.69) is 17.3 Å². The zero-order valence-corrected chi connectivity index (χ0v) is 15.0. The first-order valence-electron chi connectivity index (χ1n) is 8.77. The lowest BCUT2D eigenvalue weighted by molar-refractivity contribution is -0.120. The summed E-state index contributed by atoms with van der Waals surface area (Å²) in [6.07, 6.45) is 3.93. The second kappa shape index (κ2) is 8.08. The lowest BCUT2D eigenvalue weighted by Crippen LogP contribution is -2.25. The molecule has 0 radical (unpaired) electrons. The first-order valence-corrected chi connectivity index (χ1v) is 8.77. The van der Waals surface area contributed by atoms with Crippen LogP contribution in [0.15, 0.2) is 29.4 Å². The minimum atomic E-state index is -0.173. The normalized spacial score (nSPS) is 18.5. The zero-order valence-electron chi connectivity index (χ0n) is 15.0. The van der Waals surface area contributed by atoms with Crippen LogP contribution in [0.3, 0.4) is 0 Å². The topological polar surface area (TPSA) is 61.8 Å². The molecular formula is C19H27N3O2. The van der Waals surface area contributed by atoms with Crippen molar-refractivity contribution in [1.82, 2.24) is 0 Å². The van der Waals surface area contributed by atoms with Gasteiger partial charge in [0.25, 0.3) is 5.91 Å². The number of carbonyl (C=O) groups is 2. The molecule has 5 nitrogen and oxygen atoms in total. The van der Waals surface area contributed by atoms with E-state index in [4.69, 9.17) is 0 Å². The third-order valence-electron chi connectivity index (χ3n) is 4.61. The molecule has 5 heteroatoms. The Kier molecular flexibility index (Phi) is 6.12. The zero-order chi connectivity index (χ0) is 17.7. The minimum absolute atomic E-state index is 0.0186. The number of benzene rings is 1. The van der Waals surface area contributed by atoms with Gasteiger partial charge in [0.1, 0.15) is 0 Å². The van der Waals surface area contributed by atoms with Gasteiger partial charge < -0.3 is 5.32 Å². The van der Waals surface area contributed by atoms with E-state index in [0.717, 1.165) is 42.8 Å². The second-order valence-corrected chi connectivity index (χ2v) is 6.40. The van der Waals surface area contributed by atoms with Crippen molar-refractivity contribution < 1.29 is 9.59 Å². The molecule has 0 aliphatic carbocycles. The molecule has 130 valence electrons. The predicted molar refractivity (Wildman–Crippen MR) is 98.1 cm³/mol. The van der Waals surface area contributed by atoms with Crippen molar-refractivity contribution in [1.29, 1.82) is 0 Å². The number of nitrogens with zero attached hydrogens (tertiary/aromatic N) is 2. The van der Waals surface area contributed by atoms with Gasteiger partial charge in [0, 0.05) is 17.3 Å². The first kappa shape index (κ1) is 18.2. The van der Waals surface area contributed by atoms with E-state index in [0.29, 0.717) is 0 Å². The highest BCUT2D eigenvalue weighted by Crippen LogP contribution is 2.25. The molecule has 0 saturated heterocycles. The minimum Gasteiger partial charge on any atom is -0.326 e. The van der Waals surface area contributed by atoms with Gasteiger partial charge in [0.15, 0.2) is 0 Å². The Morgan fingerprint density at radius 1 is 1.29 bits per heavy atom. The fraction of sp³-hybridized carbons (Fsp3) is 0.526. The molecule has 0 saturated carbocycles. The van der Waals surface area contributed by atoms with Crippen LogP contribution < -0.4 is 10.3 Å². The maximum absolute atomic E-state index is 12.3. The van der Waals surface area contributed by atoms with Gasteiger partial charge in [-0.05, 0) is 51.0 Å². The largest absolute Gasteiger partial charge is 0.326 e. The van der Waals surface area contributed by atoms with Crippen molar-refractivity contribution in [3.8, 4) is 0 Å². The summed E-state index contributed by atoms with van der Waals surface area (Å²) in [5.41, 5.74) is 2.29. The van der Waals surface area contributed by atoms with E-state index in [1.54, 1.807) is 0 Å². The number of hydrazone groups is 1. The lowest BCUT2D eigenvalue weighted by Gasteiger charge is -2.16. The van der Waals surface area contributed by atoms with Crippen molar-refractivity contribution in [2.45, 2.75) is 53.4 Å². The van der Waals surface area contributed by atoms with Gasteiger partial charge in [-0.25, -0.2) is 5.01 Å². The van der Waals surface area contributed by atoms with Crippen molar-refractivity contribution >= 4 is 28.9 Å². The number of carbonyl (C=O) groups excluding carboxylic acids is 2.